The molecular weight excluding hydrogens is 220 g/mol. The summed E-state index contributed by atoms with van der Waals surface area (Å²) in [6.45, 7) is 5.11. The number of piperidine rings is 1. The molecule has 1 aliphatic carbocycles. The average molecular weight is 250 g/mol. The smallest absolute Gasteiger partial charge is 0.0111 e. The van der Waals surface area contributed by atoms with Gasteiger partial charge in [-0.1, -0.05) is 26.2 Å². The Morgan fingerprint density at radius 3 is 2.78 bits per heavy atom. The largest absolute Gasteiger partial charge is 0.311 e. The second-order valence-electron chi connectivity index (χ2n) is 6.78. The van der Waals surface area contributed by atoms with E-state index < -0.39 is 0 Å². The van der Waals surface area contributed by atoms with E-state index in [1.54, 1.807) is 0 Å². The van der Waals surface area contributed by atoms with Gasteiger partial charge in [0.2, 0.25) is 0 Å². The Bertz CT molecular complexity index is 266. The number of hydrogen-bond acceptors (Lipinski definition) is 2. The summed E-state index contributed by atoms with van der Waals surface area (Å²) >= 11 is 0. The van der Waals surface area contributed by atoms with Crippen molar-refractivity contribution in [3.8, 4) is 0 Å². The molecule has 0 spiro atoms. The number of rotatable bonds is 3. The van der Waals surface area contributed by atoms with Crippen LogP contribution < -0.4 is 5.32 Å². The van der Waals surface area contributed by atoms with E-state index in [-0.39, 0.29) is 0 Å². The molecule has 3 aliphatic rings. The topological polar surface area (TPSA) is 15.3 Å². The van der Waals surface area contributed by atoms with E-state index in [2.05, 4.69) is 17.1 Å². The van der Waals surface area contributed by atoms with Crippen molar-refractivity contribution < 1.29 is 0 Å². The first-order chi connectivity index (χ1) is 8.86. The molecule has 4 unspecified atom stereocenters. The van der Waals surface area contributed by atoms with Crippen LogP contribution in [0.4, 0.5) is 0 Å². The summed E-state index contributed by atoms with van der Waals surface area (Å²) < 4.78 is 0. The van der Waals surface area contributed by atoms with Gasteiger partial charge in [-0.2, -0.15) is 0 Å². The van der Waals surface area contributed by atoms with Gasteiger partial charge in [-0.25, -0.2) is 0 Å². The third-order valence-electron chi connectivity index (χ3n) is 5.70. The Morgan fingerprint density at radius 2 is 1.89 bits per heavy atom. The van der Waals surface area contributed by atoms with Crippen molar-refractivity contribution >= 4 is 0 Å². The highest BCUT2D eigenvalue weighted by Gasteiger charge is 2.33. The maximum absolute atomic E-state index is 4.04. The van der Waals surface area contributed by atoms with Gasteiger partial charge in [-0.3, -0.25) is 0 Å². The van der Waals surface area contributed by atoms with E-state index in [0.29, 0.717) is 0 Å². The van der Waals surface area contributed by atoms with E-state index in [9.17, 15) is 0 Å². The molecule has 4 atom stereocenters. The van der Waals surface area contributed by atoms with Crippen molar-refractivity contribution in [3.63, 3.8) is 0 Å². The fourth-order valence-corrected chi connectivity index (χ4v) is 4.59. The minimum absolute atomic E-state index is 0.821. The molecule has 2 heterocycles. The zero-order chi connectivity index (χ0) is 12.4. The highest BCUT2D eigenvalue weighted by molar-refractivity contribution is 4.92. The number of nitrogens with zero attached hydrogens (tertiary/aromatic N) is 1. The predicted octanol–water partition coefficient (Wildman–Crippen LogP) is 3.17. The fourth-order valence-electron chi connectivity index (χ4n) is 4.59. The Morgan fingerprint density at radius 1 is 1.00 bits per heavy atom. The normalized spacial score (nSPS) is 41.8. The third kappa shape index (κ3) is 2.75. The fraction of sp³-hybridized carbons (Fsp3) is 1.00. The molecule has 1 N–H and O–H groups in total. The van der Waals surface area contributed by atoms with Crippen LogP contribution in [0.15, 0.2) is 0 Å². The van der Waals surface area contributed by atoms with Crippen LogP contribution in [0.25, 0.3) is 0 Å². The second-order valence-corrected chi connectivity index (χ2v) is 6.78. The maximum atomic E-state index is 4.04. The van der Waals surface area contributed by atoms with Crippen molar-refractivity contribution in [1.29, 1.82) is 0 Å². The third-order valence-corrected chi connectivity index (χ3v) is 5.70. The van der Waals surface area contributed by atoms with E-state index in [4.69, 9.17) is 0 Å². The van der Waals surface area contributed by atoms with E-state index >= 15 is 0 Å². The van der Waals surface area contributed by atoms with Crippen molar-refractivity contribution in [2.75, 3.05) is 13.1 Å². The minimum atomic E-state index is 0.821. The average Bonchev–Trinajstić information content (AvgIpc) is 2.87. The molecule has 0 radical (unpaired) electrons. The van der Waals surface area contributed by atoms with Crippen LogP contribution >= 0.6 is 0 Å². The Hall–Kier alpha value is -0.0800. The summed E-state index contributed by atoms with van der Waals surface area (Å²) in [4.78, 5) is 2.73. The standard InChI is InChI=1S/C16H30N2/c1-2-13-6-3-4-8-16(13)17-14-9-11-18-10-5-7-15(18)12-14/h13-17H,2-12H2,1H3. The monoisotopic (exact) mass is 250 g/mol. The second kappa shape index (κ2) is 5.92. The molecule has 2 nitrogen and oxygen atoms in total. The molecule has 2 heteroatoms. The van der Waals surface area contributed by atoms with Gasteiger partial charge in [0.1, 0.15) is 0 Å². The number of fused-ring (bicyclic) bond motifs is 1. The van der Waals surface area contributed by atoms with Crippen LogP contribution in [0.5, 0.6) is 0 Å². The highest BCUT2D eigenvalue weighted by atomic mass is 15.2. The molecule has 0 bridgehead atoms. The molecule has 0 aromatic rings. The molecular formula is C16H30N2. The quantitative estimate of drug-likeness (QED) is 0.827. The Kier molecular flexibility index (Phi) is 4.25. The van der Waals surface area contributed by atoms with E-state index in [0.717, 1.165) is 24.0 Å². The van der Waals surface area contributed by atoms with Gasteiger partial charge < -0.3 is 10.2 Å². The van der Waals surface area contributed by atoms with Crippen LogP contribution in [0, 0.1) is 5.92 Å². The van der Waals surface area contributed by atoms with Crippen LogP contribution in [0.1, 0.15) is 64.7 Å². The van der Waals surface area contributed by atoms with Gasteiger partial charge in [-0.05, 0) is 57.5 Å². The van der Waals surface area contributed by atoms with Gasteiger partial charge >= 0.3 is 0 Å². The summed E-state index contributed by atoms with van der Waals surface area (Å²) in [5.74, 6) is 0.959. The molecule has 1 saturated carbocycles. The number of nitrogens with one attached hydrogen (secondary N) is 1. The molecule has 2 saturated heterocycles. The molecule has 18 heavy (non-hydrogen) atoms. The molecule has 104 valence electrons. The Labute approximate surface area is 113 Å². The van der Waals surface area contributed by atoms with E-state index in [1.165, 1.54) is 70.9 Å². The van der Waals surface area contributed by atoms with E-state index in [1.807, 2.05) is 0 Å². The molecule has 0 amide bonds. The van der Waals surface area contributed by atoms with Crippen LogP contribution in [-0.4, -0.2) is 36.1 Å². The lowest BCUT2D eigenvalue weighted by Gasteiger charge is -2.40. The lowest BCUT2D eigenvalue weighted by atomic mass is 9.82. The van der Waals surface area contributed by atoms with Gasteiger partial charge in [0.25, 0.3) is 0 Å². The first-order valence-electron chi connectivity index (χ1n) is 8.37. The van der Waals surface area contributed by atoms with Gasteiger partial charge in [0.15, 0.2) is 0 Å². The number of hydrogen-bond donors (Lipinski definition) is 1. The van der Waals surface area contributed by atoms with Crippen molar-refractivity contribution in [2.45, 2.75) is 82.8 Å². The summed E-state index contributed by atoms with van der Waals surface area (Å²) in [5, 5.41) is 4.04. The van der Waals surface area contributed by atoms with Gasteiger partial charge in [0.05, 0.1) is 0 Å². The zero-order valence-corrected chi connectivity index (χ0v) is 12.0. The molecule has 0 aromatic heterocycles. The minimum Gasteiger partial charge on any atom is -0.311 e. The molecule has 3 rings (SSSR count). The van der Waals surface area contributed by atoms with Crippen molar-refractivity contribution in [2.24, 2.45) is 5.92 Å². The zero-order valence-electron chi connectivity index (χ0n) is 12.0. The van der Waals surface area contributed by atoms with Crippen LogP contribution in [0.3, 0.4) is 0 Å². The first-order valence-corrected chi connectivity index (χ1v) is 8.37. The predicted molar refractivity (Wildman–Crippen MR) is 76.8 cm³/mol. The summed E-state index contributed by atoms with van der Waals surface area (Å²) in [7, 11) is 0. The molecule has 0 aromatic carbocycles. The first kappa shape index (κ1) is 12.9. The Balaban J connectivity index is 1.52. The highest BCUT2D eigenvalue weighted by Crippen LogP contribution is 2.30. The van der Waals surface area contributed by atoms with Crippen LogP contribution in [0.2, 0.25) is 0 Å². The molecule has 3 fully saturated rings. The van der Waals surface area contributed by atoms with Crippen molar-refractivity contribution in [1.82, 2.24) is 10.2 Å². The summed E-state index contributed by atoms with van der Waals surface area (Å²) in [6, 6.07) is 2.57. The lowest BCUT2D eigenvalue weighted by molar-refractivity contribution is 0.142. The molecule has 2 aliphatic heterocycles. The SMILES string of the molecule is CCC1CCCCC1NC1CCN2CCCC2C1. The summed E-state index contributed by atoms with van der Waals surface area (Å²) in [6.07, 6.45) is 12.9. The maximum Gasteiger partial charge on any atom is 0.0111 e. The lowest BCUT2D eigenvalue weighted by Crippen LogP contribution is -2.51. The van der Waals surface area contributed by atoms with Gasteiger partial charge in [0, 0.05) is 18.1 Å². The van der Waals surface area contributed by atoms with Gasteiger partial charge in [-0.15, -0.1) is 0 Å². The van der Waals surface area contributed by atoms with Crippen molar-refractivity contribution in [3.05, 3.63) is 0 Å². The summed E-state index contributed by atoms with van der Waals surface area (Å²) in [5.41, 5.74) is 0. The van der Waals surface area contributed by atoms with Crippen LogP contribution in [-0.2, 0) is 0 Å².